The number of esters is 4. The summed E-state index contributed by atoms with van der Waals surface area (Å²) >= 11 is 6.57. The Morgan fingerprint density at radius 3 is 2.07 bits per heavy atom. The molecule has 0 saturated carbocycles. The van der Waals surface area contributed by atoms with E-state index in [0.717, 1.165) is 19.4 Å². The highest BCUT2D eigenvalue weighted by Crippen LogP contribution is 2.39. The zero-order valence-electron chi connectivity index (χ0n) is 25.7. The molecule has 0 amide bonds. The van der Waals surface area contributed by atoms with Crippen LogP contribution in [-0.4, -0.2) is 76.5 Å². The van der Waals surface area contributed by atoms with Gasteiger partial charge >= 0.3 is 23.9 Å². The Bertz CT molecular complexity index is 1500. The van der Waals surface area contributed by atoms with E-state index in [0.29, 0.717) is 34.7 Å². The highest BCUT2D eigenvalue weighted by Gasteiger charge is 2.52. The number of nitrogens with two attached hydrogens (primary N) is 1. The number of benzene rings is 2. The number of nitrogens with one attached hydrogen (secondary N) is 1. The second kappa shape index (κ2) is 16.7. The van der Waals surface area contributed by atoms with Gasteiger partial charge in [-0.1, -0.05) is 35.9 Å². The maximum atomic E-state index is 12.2. The number of carbonyl (C=O) groups is 4. The van der Waals surface area contributed by atoms with Gasteiger partial charge in [0.25, 0.3) is 10.2 Å². The van der Waals surface area contributed by atoms with Gasteiger partial charge in [0.1, 0.15) is 24.6 Å². The molecule has 14 nitrogen and oxygen atoms in total. The third-order valence-corrected chi connectivity index (χ3v) is 7.58. The van der Waals surface area contributed by atoms with Crippen molar-refractivity contribution in [1.82, 2.24) is 4.72 Å². The van der Waals surface area contributed by atoms with Crippen LogP contribution in [0.15, 0.2) is 42.5 Å². The Labute approximate surface area is 271 Å². The molecule has 0 radical (unpaired) electrons. The first kappa shape index (κ1) is 36.7. The summed E-state index contributed by atoms with van der Waals surface area (Å²) in [6.45, 7) is 4.76. The Balaban J connectivity index is 1.87. The number of hydrogen-bond acceptors (Lipinski definition) is 12. The molecule has 1 saturated heterocycles. The van der Waals surface area contributed by atoms with Crippen LogP contribution in [0, 0.1) is 0 Å². The van der Waals surface area contributed by atoms with Crippen molar-refractivity contribution in [3.8, 4) is 5.75 Å². The molecule has 3 N–H and O–H groups in total. The van der Waals surface area contributed by atoms with Crippen LogP contribution in [0.5, 0.6) is 5.75 Å². The molecule has 0 spiro atoms. The van der Waals surface area contributed by atoms with E-state index < -0.39 is 64.6 Å². The van der Waals surface area contributed by atoms with Gasteiger partial charge in [-0.25, -0.2) is 9.86 Å². The summed E-state index contributed by atoms with van der Waals surface area (Å²) in [5.41, 5.74) is 2.07. The summed E-state index contributed by atoms with van der Waals surface area (Å²) in [4.78, 5) is 48.0. The lowest BCUT2D eigenvalue weighted by Gasteiger charge is -2.44. The zero-order chi connectivity index (χ0) is 34.0. The fourth-order valence-electron chi connectivity index (χ4n) is 4.80. The van der Waals surface area contributed by atoms with Gasteiger partial charge in [-0.05, 0) is 47.7 Å². The van der Waals surface area contributed by atoms with Crippen LogP contribution in [0.1, 0.15) is 56.9 Å². The minimum absolute atomic E-state index is 0.144. The van der Waals surface area contributed by atoms with Crippen molar-refractivity contribution in [2.45, 2.75) is 71.1 Å². The summed E-state index contributed by atoms with van der Waals surface area (Å²) in [5, 5.41) is 5.34. The molecule has 3 rings (SSSR count). The van der Waals surface area contributed by atoms with Crippen molar-refractivity contribution in [2.24, 2.45) is 5.14 Å². The Morgan fingerprint density at radius 1 is 0.870 bits per heavy atom. The van der Waals surface area contributed by atoms with Gasteiger partial charge in [-0.2, -0.15) is 8.42 Å². The van der Waals surface area contributed by atoms with Gasteiger partial charge in [-0.3, -0.25) is 19.2 Å². The molecule has 1 fully saturated rings. The number of rotatable bonds is 14. The minimum atomic E-state index is -3.75. The van der Waals surface area contributed by atoms with E-state index in [-0.39, 0.29) is 19.8 Å². The quantitative estimate of drug-likeness (QED) is 0.168. The molecule has 2 aromatic rings. The van der Waals surface area contributed by atoms with Gasteiger partial charge in [-0.15, -0.1) is 0 Å². The molecular weight excluding hydrogens is 648 g/mol. The molecule has 5 atom stereocenters. The van der Waals surface area contributed by atoms with E-state index in [9.17, 15) is 27.6 Å². The molecule has 0 aromatic heterocycles. The summed E-state index contributed by atoms with van der Waals surface area (Å²) in [6, 6.07) is 12.3. The summed E-state index contributed by atoms with van der Waals surface area (Å²) < 4.78 is 57.7. The number of carbonyl (C=O) groups excluding carboxylic acids is 4. The van der Waals surface area contributed by atoms with Crippen molar-refractivity contribution in [2.75, 3.05) is 19.8 Å². The molecule has 0 unspecified atom stereocenters. The van der Waals surface area contributed by atoms with Crippen LogP contribution in [-0.2, 0) is 59.5 Å². The second-order valence-corrected chi connectivity index (χ2v) is 12.2. The summed E-state index contributed by atoms with van der Waals surface area (Å²) in [6.07, 6.45) is -5.14. The van der Waals surface area contributed by atoms with Crippen molar-refractivity contribution in [1.29, 1.82) is 0 Å². The van der Waals surface area contributed by atoms with Crippen LogP contribution in [0.3, 0.4) is 0 Å². The van der Waals surface area contributed by atoms with E-state index in [1.807, 2.05) is 12.1 Å². The van der Waals surface area contributed by atoms with Gasteiger partial charge in [0.15, 0.2) is 18.3 Å². The van der Waals surface area contributed by atoms with Crippen LogP contribution in [0.2, 0.25) is 5.02 Å². The van der Waals surface area contributed by atoms with Gasteiger partial charge in [0.05, 0.1) is 6.61 Å². The highest BCUT2D eigenvalue weighted by molar-refractivity contribution is 7.87. The van der Waals surface area contributed by atoms with E-state index in [2.05, 4.69) is 4.72 Å². The SMILES string of the molecule is CC(=O)OC[C@@H]1O[C@@H](c2ccc(Cl)c(Cc3ccc(OCCCNS(N)(=O)=O)cc3)c2)[C@H](OC(C)=O)[C@@H](OC(C)=O)[C@@H]1OC(C)=O. The van der Waals surface area contributed by atoms with Crippen molar-refractivity contribution in [3.63, 3.8) is 0 Å². The van der Waals surface area contributed by atoms with Gasteiger partial charge in [0.2, 0.25) is 0 Å². The predicted octanol–water partition coefficient (Wildman–Crippen LogP) is 2.29. The lowest BCUT2D eigenvalue weighted by molar-refractivity contribution is -0.254. The van der Waals surface area contributed by atoms with E-state index >= 15 is 0 Å². The molecule has 1 aliphatic rings. The molecule has 1 aliphatic heterocycles. The average molecular weight is 685 g/mol. The third kappa shape index (κ3) is 11.6. The molecule has 2 aromatic carbocycles. The molecule has 0 aliphatic carbocycles. The van der Waals surface area contributed by atoms with Gasteiger partial charge < -0.3 is 28.4 Å². The lowest BCUT2D eigenvalue weighted by atomic mass is 9.89. The molecule has 16 heteroatoms. The van der Waals surface area contributed by atoms with Gasteiger partial charge in [0, 0.05) is 39.3 Å². The number of hydrogen-bond donors (Lipinski definition) is 2. The Hall–Kier alpha value is -3.76. The first-order chi connectivity index (χ1) is 21.6. The molecule has 252 valence electrons. The van der Waals surface area contributed by atoms with Crippen LogP contribution in [0.4, 0.5) is 0 Å². The summed E-state index contributed by atoms with van der Waals surface area (Å²) in [5.74, 6) is -2.18. The first-order valence-electron chi connectivity index (χ1n) is 14.2. The fraction of sp³-hybridized carbons (Fsp3) is 0.467. The smallest absolute Gasteiger partial charge is 0.303 e. The molecule has 0 bridgehead atoms. The van der Waals surface area contributed by atoms with Crippen LogP contribution < -0.4 is 14.6 Å². The monoisotopic (exact) mass is 684 g/mol. The van der Waals surface area contributed by atoms with Crippen molar-refractivity contribution >= 4 is 45.7 Å². The van der Waals surface area contributed by atoms with E-state index in [1.165, 1.54) is 13.8 Å². The standard InChI is InChI=1S/C30H37ClN2O12S/c1-17(34)41-16-26-28(42-18(2)35)30(44-20(4)37)29(43-19(3)36)27(45-26)22-8-11-25(31)23(15-22)14-21-6-9-24(10-7-21)40-13-5-12-33-46(32,38)39/h6-11,15,26-30,33H,5,12-14,16H2,1-4H3,(H2,32,38,39)/t26-,27-,28+,29-,30-/m0/s1. The predicted molar refractivity (Wildman–Crippen MR) is 163 cm³/mol. The number of ether oxygens (including phenoxy) is 6. The molecule has 1 heterocycles. The van der Waals surface area contributed by atoms with Crippen molar-refractivity contribution in [3.05, 3.63) is 64.2 Å². The fourth-order valence-corrected chi connectivity index (χ4v) is 5.42. The van der Waals surface area contributed by atoms with Crippen molar-refractivity contribution < 1.29 is 56.0 Å². The number of halogens is 1. The Kier molecular flexibility index (Phi) is 13.3. The molecular formula is C30H37ClN2O12S. The highest BCUT2D eigenvalue weighted by atomic mass is 35.5. The maximum Gasteiger partial charge on any atom is 0.303 e. The van der Waals surface area contributed by atoms with Crippen LogP contribution >= 0.6 is 11.6 Å². The zero-order valence-corrected chi connectivity index (χ0v) is 27.3. The first-order valence-corrected chi connectivity index (χ1v) is 16.1. The average Bonchev–Trinajstić information content (AvgIpc) is 2.95. The molecule has 46 heavy (non-hydrogen) atoms. The Morgan fingerprint density at radius 2 is 1.48 bits per heavy atom. The normalized spacial score (nSPS) is 21.1. The minimum Gasteiger partial charge on any atom is -0.494 e. The van der Waals surface area contributed by atoms with Crippen LogP contribution in [0.25, 0.3) is 0 Å². The third-order valence-electron chi connectivity index (χ3n) is 6.60. The maximum absolute atomic E-state index is 12.2. The topological polar surface area (TPSA) is 196 Å². The summed E-state index contributed by atoms with van der Waals surface area (Å²) in [7, 11) is -3.75. The van der Waals surface area contributed by atoms with E-state index in [4.69, 9.17) is 45.2 Å². The largest absolute Gasteiger partial charge is 0.494 e. The second-order valence-electron chi connectivity index (χ2n) is 10.4. The lowest BCUT2D eigenvalue weighted by Crippen LogP contribution is -2.59. The van der Waals surface area contributed by atoms with E-state index in [1.54, 1.807) is 30.3 Å².